The third-order valence-corrected chi connectivity index (χ3v) is 4.85. The molecule has 1 saturated heterocycles. The fourth-order valence-electron chi connectivity index (χ4n) is 3.51. The van der Waals surface area contributed by atoms with Gasteiger partial charge in [0.05, 0.1) is 17.5 Å². The fraction of sp³-hybridized carbons (Fsp3) is 0.529. The van der Waals surface area contributed by atoms with Gasteiger partial charge in [-0.3, -0.25) is 19.3 Å². The number of hydrogen-bond donors (Lipinski definition) is 1. The molecule has 2 fully saturated rings. The Morgan fingerprint density at radius 1 is 1.25 bits per heavy atom. The molecule has 1 saturated carbocycles. The van der Waals surface area contributed by atoms with Gasteiger partial charge in [0, 0.05) is 6.20 Å². The molecule has 3 rings (SSSR count). The van der Waals surface area contributed by atoms with Gasteiger partial charge < -0.3 is 9.72 Å². The fourth-order valence-corrected chi connectivity index (χ4v) is 3.51. The average molecular weight is 332 g/mol. The van der Waals surface area contributed by atoms with Crippen LogP contribution in [0, 0.1) is 11.8 Å². The highest BCUT2D eigenvalue weighted by Gasteiger charge is 2.51. The maximum absolute atomic E-state index is 12.4. The highest BCUT2D eigenvalue weighted by molar-refractivity contribution is 6.08. The number of ketones is 1. The van der Waals surface area contributed by atoms with Crippen LogP contribution < -0.4 is 0 Å². The largest absolute Gasteiger partial charge is 0.456 e. The van der Waals surface area contributed by atoms with Crippen molar-refractivity contribution in [2.75, 3.05) is 6.61 Å². The van der Waals surface area contributed by atoms with E-state index in [4.69, 9.17) is 4.74 Å². The van der Waals surface area contributed by atoms with Crippen LogP contribution in [-0.2, 0) is 19.1 Å². The molecular weight excluding hydrogens is 312 g/mol. The number of Topliss-reactive ketones (excluding diaryl/α,β-unsaturated/α-hetero) is 1. The van der Waals surface area contributed by atoms with E-state index in [0.29, 0.717) is 18.5 Å². The summed E-state index contributed by atoms with van der Waals surface area (Å²) in [7, 11) is 0. The molecule has 0 spiro atoms. The minimum Gasteiger partial charge on any atom is -0.456 e. The number of hydrogen-bond acceptors (Lipinski definition) is 5. The maximum Gasteiger partial charge on any atom is 0.329 e. The first-order valence-electron chi connectivity index (χ1n) is 8.21. The van der Waals surface area contributed by atoms with Gasteiger partial charge in [0.15, 0.2) is 6.61 Å². The molecule has 128 valence electrons. The standard InChI is InChI=1S/C17H20N2O5/c1-10(17(23)24-9-14(20)13-7-4-8-18-13)19-15(21)11-5-2-3-6-12(11)16(19)22/h4,7-8,10-12,18H,2-3,5-6,9H2,1H3/t10-,11+,12+/m0/s1. The van der Waals surface area contributed by atoms with Gasteiger partial charge in [0.25, 0.3) is 0 Å². The molecule has 0 aromatic carbocycles. The predicted molar refractivity (Wildman–Crippen MR) is 82.8 cm³/mol. The Kier molecular flexibility index (Phi) is 4.51. The van der Waals surface area contributed by atoms with Crippen LogP contribution in [-0.4, -0.2) is 46.1 Å². The predicted octanol–water partition coefficient (Wildman–Crippen LogP) is 1.30. The minimum absolute atomic E-state index is 0.287. The Hall–Kier alpha value is -2.44. The molecule has 0 radical (unpaired) electrons. The zero-order valence-electron chi connectivity index (χ0n) is 13.5. The number of carbonyl (C=O) groups is 4. The van der Waals surface area contributed by atoms with Crippen molar-refractivity contribution in [3.63, 3.8) is 0 Å². The Balaban J connectivity index is 1.62. The summed E-state index contributed by atoms with van der Waals surface area (Å²) in [4.78, 5) is 52.7. The summed E-state index contributed by atoms with van der Waals surface area (Å²) in [6.07, 6.45) is 4.84. The van der Waals surface area contributed by atoms with Crippen LogP contribution in [0.15, 0.2) is 18.3 Å². The average Bonchev–Trinajstić information content (AvgIpc) is 3.20. The number of imide groups is 1. The van der Waals surface area contributed by atoms with Crippen molar-refractivity contribution < 1.29 is 23.9 Å². The van der Waals surface area contributed by atoms with E-state index < -0.39 is 18.6 Å². The Morgan fingerprint density at radius 3 is 2.42 bits per heavy atom. The van der Waals surface area contributed by atoms with Crippen molar-refractivity contribution in [2.24, 2.45) is 11.8 Å². The summed E-state index contributed by atoms with van der Waals surface area (Å²) < 4.78 is 5.00. The number of nitrogens with zero attached hydrogens (tertiary/aromatic N) is 1. The molecule has 1 aromatic rings. The molecule has 7 nitrogen and oxygen atoms in total. The summed E-state index contributed by atoms with van der Waals surface area (Å²) in [6.45, 7) is 1.04. The van der Waals surface area contributed by atoms with Crippen molar-refractivity contribution in [1.82, 2.24) is 9.88 Å². The molecular formula is C17H20N2O5. The number of esters is 1. The summed E-state index contributed by atoms with van der Waals surface area (Å²) >= 11 is 0. The van der Waals surface area contributed by atoms with Gasteiger partial charge in [-0.1, -0.05) is 12.8 Å². The Bertz CT molecular complexity index is 643. The lowest BCUT2D eigenvalue weighted by molar-refractivity contribution is -0.157. The van der Waals surface area contributed by atoms with E-state index >= 15 is 0 Å². The second-order valence-electron chi connectivity index (χ2n) is 6.33. The number of fused-ring (bicyclic) bond motifs is 1. The number of ether oxygens (including phenoxy) is 1. The van der Waals surface area contributed by atoms with Gasteiger partial charge >= 0.3 is 5.97 Å². The van der Waals surface area contributed by atoms with Crippen molar-refractivity contribution in [3.8, 4) is 0 Å². The summed E-state index contributed by atoms with van der Waals surface area (Å²) in [5.41, 5.74) is 0.342. The van der Waals surface area contributed by atoms with Crippen molar-refractivity contribution in [1.29, 1.82) is 0 Å². The first kappa shape index (κ1) is 16.4. The van der Waals surface area contributed by atoms with Crippen molar-refractivity contribution in [2.45, 2.75) is 38.6 Å². The minimum atomic E-state index is -1.01. The molecule has 1 N–H and O–H groups in total. The number of rotatable bonds is 5. The van der Waals surface area contributed by atoms with E-state index in [1.807, 2.05) is 0 Å². The van der Waals surface area contributed by atoms with Gasteiger partial charge in [-0.15, -0.1) is 0 Å². The van der Waals surface area contributed by atoms with Gasteiger partial charge in [-0.25, -0.2) is 4.79 Å². The maximum atomic E-state index is 12.4. The summed E-state index contributed by atoms with van der Waals surface area (Å²) in [6, 6.07) is 2.24. The van der Waals surface area contributed by atoms with Gasteiger partial charge in [0.1, 0.15) is 6.04 Å². The number of aromatic amines is 1. The first-order chi connectivity index (χ1) is 11.5. The lowest BCUT2D eigenvalue weighted by Gasteiger charge is -2.21. The zero-order valence-corrected chi connectivity index (χ0v) is 13.5. The van der Waals surface area contributed by atoms with E-state index in [9.17, 15) is 19.2 Å². The van der Waals surface area contributed by atoms with Gasteiger partial charge in [-0.05, 0) is 31.9 Å². The van der Waals surface area contributed by atoms with Crippen LogP contribution in [0.5, 0.6) is 0 Å². The molecule has 0 unspecified atom stereocenters. The van der Waals surface area contributed by atoms with Crippen LogP contribution in [0.2, 0.25) is 0 Å². The summed E-state index contributed by atoms with van der Waals surface area (Å²) in [5.74, 6) is -2.29. The highest BCUT2D eigenvalue weighted by atomic mass is 16.5. The lowest BCUT2D eigenvalue weighted by Crippen LogP contribution is -2.44. The molecule has 2 aliphatic rings. The Morgan fingerprint density at radius 2 is 1.88 bits per heavy atom. The molecule has 2 heterocycles. The molecule has 24 heavy (non-hydrogen) atoms. The van der Waals surface area contributed by atoms with Crippen molar-refractivity contribution in [3.05, 3.63) is 24.0 Å². The molecule has 0 bridgehead atoms. The van der Waals surface area contributed by atoms with Crippen LogP contribution in [0.25, 0.3) is 0 Å². The smallest absolute Gasteiger partial charge is 0.329 e. The Labute approximate surface area is 139 Å². The number of nitrogens with one attached hydrogen (secondary N) is 1. The number of amides is 2. The molecule has 1 aliphatic carbocycles. The number of H-pyrrole nitrogens is 1. The molecule has 1 aliphatic heterocycles. The topological polar surface area (TPSA) is 96.5 Å². The number of aromatic nitrogens is 1. The van der Waals surface area contributed by atoms with E-state index in [0.717, 1.165) is 17.7 Å². The lowest BCUT2D eigenvalue weighted by atomic mass is 9.81. The van der Waals surface area contributed by atoms with E-state index in [-0.39, 0.29) is 29.4 Å². The number of carbonyl (C=O) groups excluding carboxylic acids is 4. The molecule has 2 amide bonds. The van der Waals surface area contributed by atoms with Crippen LogP contribution >= 0.6 is 0 Å². The second-order valence-corrected chi connectivity index (χ2v) is 6.33. The first-order valence-corrected chi connectivity index (χ1v) is 8.21. The van der Waals surface area contributed by atoms with Crippen LogP contribution in [0.4, 0.5) is 0 Å². The normalized spacial score (nSPS) is 24.6. The zero-order chi connectivity index (χ0) is 17.3. The molecule has 1 aromatic heterocycles. The second kappa shape index (κ2) is 6.59. The molecule has 3 atom stereocenters. The highest BCUT2D eigenvalue weighted by Crippen LogP contribution is 2.38. The van der Waals surface area contributed by atoms with Crippen LogP contribution in [0.1, 0.15) is 43.1 Å². The van der Waals surface area contributed by atoms with E-state index in [1.54, 1.807) is 18.3 Å². The number of likely N-dealkylation sites (tertiary alicyclic amines) is 1. The SMILES string of the molecule is C[C@@H](C(=O)OCC(=O)c1ccc[nH]1)N1C(=O)[C@@H]2CCCC[C@H]2C1=O. The van der Waals surface area contributed by atoms with Crippen molar-refractivity contribution >= 4 is 23.6 Å². The third-order valence-electron chi connectivity index (χ3n) is 4.85. The van der Waals surface area contributed by atoms with E-state index in [1.165, 1.54) is 6.92 Å². The van der Waals surface area contributed by atoms with Crippen LogP contribution in [0.3, 0.4) is 0 Å². The quantitative estimate of drug-likeness (QED) is 0.498. The van der Waals surface area contributed by atoms with Gasteiger partial charge in [0.2, 0.25) is 17.6 Å². The van der Waals surface area contributed by atoms with E-state index in [2.05, 4.69) is 4.98 Å². The monoisotopic (exact) mass is 332 g/mol. The summed E-state index contributed by atoms with van der Waals surface area (Å²) in [5, 5.41) is 0. The third kappa shape index (κ3) is 2.86. The molecule has 7 heteroatoms. The van der Waals surface area contributed by atoms with Gasteiger partial charge in [-0.2, -0.15) is 0 Å².